The molecule has 2 aromatic heterocycles. The van der Waals surface area contributed by atoms with E-state index in [0.29, 0.717) is 5.92 Å². The minimum absolute atomic E-state index is 0.152. The fourth-order valence-electron chi connectivity index (χ4n) is 7.81. The van der Waals surface area contributed by atoms with Crippen molar-refractivity contribution in [1.82, 2.24) is 9.97 Å². The predicted octanol–water partition coefficient (Wildman–Crippen LogP) is 6.64. The molecule has 0 aromatic carbocycles. The van der Waals surface area contributed by atoms with Gasteiger partial charge in [0.1, 0.15) is 0 Å². The maximum atomic E-state index is 5.35. The topological polar surface area (TPSA) is 25.8 Å². The molecule has 1 atom stereocenters. The second-order valence-corrected chi connectivity index (χ2v) is 12.7. The summed E-state index contributed by atoms with van der Waals surface area (Å²) < 4.78 is 0. The van der Waals surface area contributed by atoms with E-state index >= 15 is 0 Å². The molecule has 0 radical (unpaired) electrons. The fraction of sp³-hybridized carbons (Fsp3) is 0.667. The van der Waals surface area contributed by atoms with Crippen molar-refractivity contribution in [2.45, 2.75) is 128 Å². The Hall–Kier alpha value is -1.70. The Morgan fingerprint density at radius 1 is 0.656 bits per heavy atom. The van der Waals surface area contributed by atoms with Gasteiger partial charge >= 0.3 is 0 Å². The van der Waals surface area contributed by atoms with Gasteiger partial charge in [0.25, 0.3) is 0 Å². The van der Waals surface area contributed by atoms with E-state index in [1.54, 1.807) is 33.4 Å². The largest absolute Gasteiger partial charge is 0.257 e. The highest BCUT2D eigenvalue weighted by Crippen LogP contribution is 2.49. The molecule has 0 saturated carbocycles. The van der Waals surface area contributed by atoms with Crippen molar-refractivity contribution in [1.29, 1.82) is 0 Å². The Morgan fingerprint density at radius 2 is 1.25 bits per heavy atom. The van der Waals surface area contributed by atoms with Gasteiger partial charge in [0.05, 0.1) is 0 Å². The van der Waals surface area contributed by atoms with Crippen LogP contribution in [0.5, 0.6) is 0 Å². The standard InChI is InChI=1S/C30H40N2/c1-29(2,3)28-20-10-6-9-19(20)26-18(15-16-25(26)32-28)17-30(4,5)27-21-11-7-13-23(21)31-24-14-8-12-22(24)27/h18H,6-17H2,1-5H3. The second kappa shape index (κ2) is 7.15. The van der Waals surface area contributed by atoms with Gasteiger partial charge in [-0.1, -0.05) is 34.6 Å². The molecule has 0 aliphatic heterocycles. The first-order valence-corrected chi connectivity index (χ1v) is 13.3. The lowest BCUT2D eigenvalue weighted by Gasteiger charge is -2.34. The van der Waals surface area contributed by atoms with E-state index in [1.807, 2.05) is 0 Å². The van der Waals surface area contributed by atoms with Crippen molar-refractivity contribution in [3.8, 4) is 0 Å². The van der Waals surface area contributed by atoms with Crippen LogP contribution in [0.3, 0.4) is 0 Å². The number of hydrogen-bond acceptors (Lipinski definition) is 2. The van der Waals surface area contributed by atoms with Gasteiger partial charge in [-0.3, -0.25) is 9.97 Å². The zero-order valence-electron chi connectivity index (χ0n) is 21.0. The Bertz CT molecular complexity index is 1070. The summed E-state index contributed by atoms with van der Waals surface area (Å²) in [5, 5.41) is 0. The predicted molar refractivity (Wildman–Crippen MR) is 132 cm³/mol. The number of nitrogens with zero attached hydrogens (tertiary/aromatic N) is 2. The maximum Gasteiger partial charge on any atom is 0.0495 e. The van der Waals surface area contributed by atoms with Gasteiger partial charge in [0.15, 0.2) is 0 Å². The third-order valence-corrected chi connectivity index (χ3v) is 8.92. The minimum Gasteiger partial charge on any atom is -0.257 e. The van der Waals surface area contributed by atoms with Crippen molar-refractivity contribution in [2.75, 3.05) is 0 Å². The lowest BCUT2D eigenvalue weighted by atomic mass is 9.71. The molecular weight excluding hydrogens is 388 g/mol. The van der Waals surface area contributed by atoms with Gasteiger partial charge in [0.2, 0.25) is 0 Å². The summed E-state index contributed by atoms with van der Waals surface area (Å²) in [5.41, 5.74) is 16.1. The summed E-state index contributed by atoms with van der Waals surface area (Å²) in [6.07, 6.45) is 15.1. The first-order chi connectivity index (χ1) is 15.2. The second-order valence-electron chi connectivity index (χ2n) is 12.7. The molecule has 0 bridgehead atoms. The van der Waals surface area contributed by atoms with Gasteiger partial charge in [-0.2, -0.15) is 0 Å². The molecule has 0 amide bonds. The van der Waals surface area contributed by atoms with Crippen LogP contribution in [0.25, 0.3) is 0 Å². The molecular formula is C30H40N2. The summed E-state index contributed by atoms with van der Waals surface area (Å²) in [7, 11) is 0. The van der Waals surface area contributed by atoms with Crippen LogP contribution >= 0.6 is 0 Å². The van der Waals surface area contributed by atoms with Gasteiger partial charge in [-0.15, -0.1) is 0 Å². The van der Waals surface area contributed by atoms with Gasteiger partial charge in [-0.05, 0) is 122 Å². The van der Waals surface area contributed by atoms with Crippen LogP contribution in [0.2, 0.25) is 0 Å². The SMILES string of the molecule is CC(C)(C)c1nc2c(c3c1CCC3)C(CC(C)(C)c1c3c(nc4c1CCC4)CCC3)CC2. The maximum absolute atomic E-state index is 5.35. The van der Waals surface area contributed by atoms with E-state index in [1.165, 1.54) is 99.8 Å². The van der Waals surface area contributed by atoms with E-state index in [0.717, 1.165) is 0 Å². The number of aromatic nitrogens is 2. The number of pyridine rings is 2. The van der Waals surface area contributed by atoms with Crippen molar-refractivity contribution in [3.63, 3.8) is 0 Å². The highest BCUT2D eigenvalue weighted by molar-refractivity contribution is 5.51. The van der Waals surface area contributed by atoms with Gasteiger partial charge < -0.3 is 0 Å². The van der Waals surface area contributed by atoms with E-state index < -0.39 is 0 Å². The fourth-order valence-corrected chi connectivity index (χ4v) is 7.81. The van der Waals surface area contributed by atoms with Crippen LogP contribution in [-0.4, -0.2) is 9.97 Å². The van der Waals surface area contributed by atoms with Crippen molar-refractivity contribution >= 4 is 0 Å². The zero-order valence-corrected chi connectivity index (χ0v) is 21.0. The van der Waals surface area contributed by atoms with E-state index in [9.17, 15) is 0 Å². The van der Waals surface area contributed by atoms with E-state index in [2.05, 4.69) is 34.6 Å². The van der Waals surface area contributed by atoms with Crippen molar-refractivity contribution in [3.05, 3.63) is 56.2 Å². The van der Waals surface area contributed by atoms with Crippen LogP contribution in [0.15, 0.2) is 0 Å². The van der Waals surface area contributed by atoms with Crippen LogP contribution in [0.1, 0.15) is 129 Å². The Labute approximate surface area is 194 Å². The molecule has 0 N–H and O–H groups in total. The molecule has 2 heterocycles. The van der Waals surface area contributed by atoms with Crippen molar-refractivity contribution in [2.24, 2.45) is 0 Å². The van der Waals surface area contributed by atoms with Crippen LogP contribution in [-0.2, 0) is 55.8 Å². The molecule has 1 unspecified atom stereocenters. The third-order valence-electron chi connectivity index (χ3n) is 8.92. The molecule has 32 heavy (non-hydrogen) atoms. The van der Waals surface area contributed by atoms with Crippen LogP contribution < -0.4 is 0 Å². The monoisotopic (exact) mass is 428 g/mol. The Kier molecular flexibility index (Phi) is 4.66. The molecule has 170 valence electrons. The summed E-state index contributed by atoms with van der Waals surface area (Å²) in [6, 6.07) is 0. The minimum atomic E-state index is 0.152. The highest BCUT2D eigenvalue weighted by atomic mass is 14.8. The highest BCUT2D eigenvalue weighted by Gasteiger charge is 2.40. The van der Waals surface area contributed by atoms with Crippen LogP contribution in [0, 0.1) is 0 Å². The molecule has 2 nitrogen and oxygen atoms in total. The smallest absolute Gasteiger partial charge is 0.0495 e. The van der Waals surface area contributed by atoms with E-state index in [-0.39, 0.29) is 10.8 Å². The lowest BCUT2D eigenvalue weighted by Crippen LogP contribution is -2.25. The molecule has 4 aliphatic rings. The summed E-state index contributed by atoms with van der Waals surface area (Å²) >= 11 is 0. The molecule has 0 spiro atoms. The first kappa shape index (κ1) is 20.9. The average molecular weight is 429 g/mol. The Balaban J connectivity index is 1.41. The Morgan fingerprint density at radius 3 is 1.91 bits per heavy atom. The quantitative estimate of drug-likeness (QED) is 0.548. The molecule has 0 fully saturated rings. The van der Waals surface area contributed by atoms with E-state index in [4.69, 9.17) is 9.97 Å². The number of fused-ring (bicyclic) bond motifs is 5. The summed E-state index contributed by atoms with van der Waals surface area (Å²) in [6.45, 7) is 12.1. The number of aryl methyl sites for hydroxylation is 3. The molecule has 4 aliphatic carbocycles. The summed E-state index contributed by atoms with van der Waals surface area (Å²) in [5.74, 6) is 0.677. The normalized spacial score (nSPS) is 21.6. The molecule has 2 heteroatoms. The first-order valence-electron chi connectivity index (χ1n) is 13.3. The van der Waals surface area contributed by atoms with Crippen LogP contribution in [0.4, 0.5) is 0 Å². The molecule has 0 saturated heterocycles. The third kappa shape index (κ3) is 3.11. The number of hydrogen-bond donors (Lipinski definition) is 0. The zero-order chi connectivity index (χ0) is 22.3. The molecule has 6 rings (SSSR count). The lowest BCUT2D eigenvalue weighted by molar-refractivity contribution is 0.415. The van der Waals surface area contributed by atoms with Gasteiger partial charge in [0, 0.05) is 28.2 Å². The van der Waals surface area contributed by atoms with Gasteiger partial charge in [-0.25, -0.2) is 0 Å². The van der Waals surface area contributed by atoms with Crippen molar-refractivity contribution < 1.29 is 0 Å². The molecule has 2 aromatic rings. The summed E-state index contributed by atoms with van der Waals surface area (Å²) in [4.78, 5) is 10.5. The number of rotatable bonds is 3. The average Bonchev–Trinajstić information content (AvgIpc) is 3.49.